The van der Waals surface area contributed by atoms with Crippen LogP contribution in [0.1, 0.15) is 31.4 Å². The van der Waals surface area contributed by atoms with Crippen molar-refractivity contribution in [1.29, 1.82) is 0 Å². The van der Waals surface area contributed by atoms with Crippen LogP contribution in [0.3, 0.4) is 0 Å². The van der Waals surface area contributed by atoms with Gasteiger partial charge in [-0.3, -0.25) is 9.48 Å². The Hall–Kier alpha value is -2.64. The van der Waals surface area contributed by atoms with Gasteiger partial charge in [0.1, 0.15) is 5.82 Å². The first-order valence-corrected chi connectivity index (χ1v) is 9.68. The predicted octanol–water partition coefficient (Wildman–Crippen LogP) is 3.23. The first kappa shape index (κ1) is 21.1. The van der Waals surface area contributed by atoms with E-state index in [-0.39, 0.29) is 36.2 Å². The van der Waals surface area contributed by atoms with Gasteiger partial charge >= 0.3 is 0 Å². The van der Waals surface area contributed by atoms with Crippen LogP contribution in [-0.4, -0.2) is 38.6 Å². The lowest BCUT2D eigenvalue weighted by molar-refractivity contribution is -0.119. The highest BCUT2D eigenvalue weighted by atomic mass is 35.5. The van der Waals surface area contributed by atoms with E-state index in [1.165, 1.54) is 0 Å². The molecule has 0 aliphatic carbocycles. The van der Waals surface area contributed by atoms with Gasteiger partial charge in [0, 0.05) is 49.9 Å². The van der Waals surface area contributed by atoms with Crippen LogP contribution >= 0.6 is 12.4 Å². The average molecular weight is 415 g/mol. The lowest BCUT2D eigenvalue weighted by atomic mass is 9.90. The molecule has 1 saturated heterocycles. The minimum atomic E-state index is -0.139. The van der Waals surface area contributed by atoms with Gasteiger partial charge in [-0.05, 0) is 19.4 Å². The molecular formula is C21H27ClN6O. The summed E-state index contributed by atoms with van der Waals surface area (Å²) in [5.74, 6) is 0.730. The fourth-order valence-corrected chi connectivity index (χ4v) is 3.79. The Kier molecular flexibility index (Phi) is 6.39. The molecule has 0 bridgehead atoms. The van der Waals surface area contributed by atoms with Gasteiger partial charge in [0.05, 0.1) is 17.8 Å². The van der Waals surface area contributed by atoms with E-state index in [0.717, 1.165) is 29.2 Å². The Balaban J connectivity index is 0.00000240. The fraction of sp³-hybridized carbons (Fsp3) is 0.381. The van der Waals surface area contributed by atoms with Crippen molar-refractivity contribution in [3.05, 3.63) is 54.4 Å². The molecule has 0 spiro atoms. The normalized spacial score (nSPS) is 18.6. The van der Waals surface area contributed by atoms with Gasteiger partial charge in [-0.15, -0.1) is 12.4 Å². The van der Waals surface area contributed by atoms with E-state index in [9.17, 15) is 4.79 Å². The smallest absolute Gasteiger partial charge is 0.230 e. The van der Waals surface area contributed by atoms with Crippen LogP contribution in [0.5, 0.6) is 0 Å². The number of carbonyl (C=O) groups is 1. The molecule has 2 aromatic heterocycles. The summed E-state index contributed by atoms with van der Waals surface area (Å²) in [6.45, 7) is 5.56. The van der Waals surface area contributed by atoms with Crippen molar-refractivity contribution >= 4 is 24.1 Å². The molecule has 0 saturated carbocycles. The highest BCUT2D eigenvalue weighted by molar-refractivity contribution is 5.93. The quantitative estimate of drug-likeness (QED) is 0.672. The minimum Gasteiger partial charge on any atom is -0.315 e. The number of aromatic nitrogens is 4. The summed E-state index contributed by atoms with van der Waals surface area (Å²) in [6, 6.07) is 12.1. The third kappa shape index (κ3) is 4.36. The van der Waals surface area contributed by atoms with E-state index in [0.29, 0.717) is 6.54 Å². The number of rotatable bonds is 5. The second kappa shape index (κ2) is 8.80. The average Bonchev–Trinajstić information content (AvgIpc) is 3.41. The van der Waals surface area contributed by atoms with Crippen molar-refractivity contribution in [2.45, 2.75) is 25.8 Å². The number of benzene rings is 1. The van der Waals surface area contributed by atoms with Crippen LogP contribution in [-0.2, 0) is 11.8 Å². The van der Waals surface area contributed by atoms with Gasteiger partial charge in [-0.25, -0.2) is 4.68 Å². The van der Waals surface area contributed by atoms with Crippen molar-refractivity contribution in [3.8, 4) is 11.3 Å². The zero-order valence-electron chi connectivity index (χ0n) is 16.9. The maximum atomic E-state index is 13.1. The number of hydrogen-bond donors (Lipinski definition) is 2. The van der Waals surface area contributed by atoms with Gasteiger partial charge in [0.2, 0.25) is 5.91 Å². The van der Waals surface area contributed by atoms with Crippen molar-refractivity contribution in [1.82, 2.24) is 24.9 Å². The number of nitrogens with zero attached hydrogens (tertiary/aromatic N) is 4. The van der Waals surface area contributed by atoms with E-state index < -0.39 is 0 Å². The molecule has 7 nitrogen and oxygen atoms in total. The topological polar surface area (TPSA) is 76.8 Å². The maximum absolute atomic E-state index is 13.1. The molecule has 3 heterocycles. The van der Waals surface area contributed by atoms with Crippen LogP contribution < -0.4 is 10.6 Å². The molecule has 2 N–H and O–H groups in total. The Bertz CT molecular complexity index is 965. The van der Waals surface area contributed by atoms with Crippen LogP contribution in [0.4, 0.5) is 5.82 Å². The molecule has 1 aromatic carbocycles. The Morgan fingerprint density at radius 3 is 2.66 bits per heavy atom. The second-order valence-corrected chi connectivity index (χ2v) is 7.63. The first-order chi connectivity index (χ1) is 13.5. The van der Waals surface area contributed by atoms with Crippen molar-refractivity contribution in [2.24, 2.45) is 13.0 Å². The molecule has 2 atom stereocenters. The molecule has 4 rings (SSSR count). The minimum absolute atomic E-state index is 0. The van der Waals surface area contributed by atoms with Gasteiger partial charge in [-0.1, -0.05) is 30.3 Å². The molecule has 154 valence electrons. The monoisotopic (exact) mass is 414 g/mol. The van der Waals surface area contributed by atoms with Crippen LogP contribution in [0.2, 0.25) is 0 Å². The lowest BCUT2D eigenvalue weighted by Gasteiger charge is -2.18. The zero-order valence-corrected chi connectivity index (χ0v) is 17.7. The fourth-order valence-electron chi connectivity index (χ4n) is 3.79. The van der Waals surface area contributed by atoms with Gasteiger partial charge in [0.25, 0.3) is 0 Å². The molecule has 1 amide bonds. The predicted molar refractivity (Wildman–Crippen MR) is 116 cm³/mol. The molecule has 1 aliphatic heterocycles. The number of hydrogen-bond acceptors (Lipinski definition) is 4. The summed E-state index contributed by atoms with van der Waals surface area (Å²) in [5.41, 5.74) is 2.99. The Morgan fingerprint density at radius 2 is 2.00 bits per heavy atom. The van der Waals surface area contributed by atoms with Crippen molar-refractivity contribution < 1.29 is 4.79 Å². The standard InChI is InChI=1S/C21H26N6O.ClH/c1-14(2)27-20(9-19(25-27)15-7-5-4-6-8-15)24-21(28)18-12-22-11-17(18)16-10-23-26(3)13-16;/h4-10,13-14,17-18,22H,11-12H2,1-3H3,(H,24,28);1H/t17-,18+;/m1./s1. The summed E-state index contributed by atoms with van der Waals surface area (Å²) in [5, 5.41) is 15.4. The molecular weight excluding hydrogens is 388 g/mol. The highest BCUT2D eigenvalue weighted by Crippen LogP contribution is 2.30. The maximum Gasteiger partial charge on any atom is 0.230 e. The number of carbonyl (C=O) groups excluding carboxylic acids is 1. The molecule has 0 radical (unpaired) electrons. The zero-order chi connectivity index (χ0) is 19.7. The SMILES string of the molecule is CC(C)n1nc(-c2ccccc2)cc1NC(=O)[C@H]1CNC[C@@H]1c1cnn(C)c1.Cl. The van der Waals surface area contributed by atoms with E-state index in [1.54, 1.807) is 4.68 Å². The van der Waals surface area contributed by atoms with E-state index >= 15 is 0 Å². The van der Waals surface area contributed by atoms with Gasteiger partial charge < -0.3 is 10.6 Å². The largest absolute Gasteiger partial charge is 0.315 e. The van der Waals surface area contributed by atoms with E-state index in [1.807, 2.05) is 60.5 Å². The molecule has 8 heteroatoms. The van der Waals surface area contributed by atoms with Crippen molar-refractivity contribution in [2.75, 3.05) is 18.4 Å². The summed E-state index contributed by atoms with van der Waals surface area (Å²) in [4.78, 5) is 13.1. The lowest BCUT2D eigenvalue weighted by Crippen LogP contribution is -2.29. The molecule has 1 aliphatic rings. The second-order valence-electron chi connectivity index (χ2n) is 7.63. The number of nitrogens with one attached hydrogen (secondary N) is 2. The van der Waals surface area contributed by atoms with E-state index in [4.69, 9.17) is 5.10 Å². The third-order valence-corrected chi connectivity index (χ3v) is 5.25. The molecule has 1 fully saturated rings. The first-order valence-electron chi connectivity index (χ1n) is 9.68. The third-order valence-electron chi connectivity index (χ3n) is 5.25. The number of aryl methyl sites for hydroxylation is 1. The summed E-state index contributed by atoms with van der Waals surface area (Å²) >= 11 is 0. The molecule has 29 heavy (non-hydrogen) atoms. The van der Waals surface area contributed by atoms with Gasteiger partial charge in [0.15, 0.2) is 0 Å². The van der Waals surface area contributed by atoms with Crippen LogP contribution in [0, 0.1) is 5.92 Å². The molecule has 3 aromatic rings. The Labute approximate surface area is 176 Å². The van der Waals surface area contributed by atoms with E-state index in [2.05, 4.69) is 29.6 Å². The van der Waals surface area contributed by atoms with Crippen LogP contribution in [0.25, 0.3) is 11.3 Å². The number of anilines is 1. The molecule has 0 unspecified atom stereocenters. The van der Waals surface area contributed by atoms with Crippen molar-refractivity contribution in [3.63, 3.8) is 0 Å². The summed E-state index contributed by atoms with van der Waals surface area (Å²) in [6.07, 6.45) is 3.84. The number of halogens is 1. The highest BCUT2D eigenvalue weighted by Gasteiger charge is 2.35. The Morgan fingerprint density at radius 1 is 1.24 bits per heavy atom. The summed E-state index contributed by atoms with van der Waals surface area (Å²) in [7, 11) is 1.90. The van der Waals surface area contributed by atoms with Gasteiger partial charge in [-0.2, -0.15) is 10.2 Å². The van der Waals surface area contributed by atoms with Crippen LogP contribution in [0.15, 0.2) is 48.8 Å². The number of amides is 1. The summed E-state index contributed by atoms with van der Waals surface area (Å²) < 4.78 is 3.66.